The van der Waals surface area contributed by atoms with Crippen molar-refractivity contribution in [1.29, 1.82) is 0 Å². The van der Waals surface area contributed by atoms with Crippen LogP contribution in [0.15, 0.2) is 46.9 Å². The average molecular weight is 355 g/mol. The van der Waals surface area contributed by atoms with Crippen molar-refractivity contribution in [2.75, 3.05) is 0 Å². The van der Waals surface area contributed by atoms with Crippen LogP contribution >= 0.6 is 11.6 Å². The Hall–Kier alpha value is -1.84. The molecule has 1 aliphatic rings. The summed E-state index contributed by atoms with van der Waals surface area (Å²) in [6, 6.07) is 15.2. The molecule has 1 saturated heterocycles. The first kappa shape index (κ1) is 16.6. The van der Waals surface area contributed by atoms with Gasteiger partial charge in [-0.05, 0) is 62.6 Å². The van der Waals surface area contributed by atoms with Gasteiger partial charge in [0.05, 0.1) is 0 Å². The summed E-state index contributed by atoms with van der Waals surface area (Å²) in [5.41, 5.74) is 3.92. The Kier molecular flexibility index (Phi) is 4.53. The van der Waals surface area contributed by atoms with Crippen LogP contribution in [0.3, 0.4) is 0 Å². The lowest BCUT2D eigenvalue weighted by molar-refractivity contribution is 0.0953. The van der Waals surface area contributed by atoms with Crippen molar-refractivity contribution in [3.63, 3.8) is 0 Å². The van der Waals surface area contributed by atoms with Crippen molar-refractivity contribution in [3.05, 3.63) is 53.1 Å². The van der Waals surface area contributed by atoms with Gasteiger partial charge in [-0.15, -0.1) is 0 Å². The molecule has 130 valence electrons. The Bertz CT molecular complexity index is 878. The molecule has 3 aromatic rings. The van der Waals surface area contributed by atoms with Crippen molar-refractivity contribution in [1.82, 2.24) is 9.88 Å². The Balaban J connectivity index is 1.62. The third-order valence-electron chi connectivity index (χ3n) is 5.26. The van der Waals surface area contributed by atoms with Gasteiger partial charge in [0.25, 0.3) is 0 Å². The van der Waals surface area contributed by atoms with E-state index in [1.165, 1.54) is 24.8 Å². The summed E-state index contributed by atoms with van der Waals surface area (Å²) in [6.07, 6.45) is 3.91. The molecular weight excluding hydrogens is 332 g/mol. The zero-order chi connectivity index (χ0) is 17.4. The van der Waals surface area contributed by atoms with Crippen molar-refractivity contribution in [3.8, 4) is 11.5 Å². The minimum absolute atomic E-state index is 0.620. The smallest absolute Gasteiger partial charge is 0.227 e. The zero-order valence-electron chi connectivity index (χ0n) is 14.7. The molecule has 2 atom stereocenters. The maximum Gasteiger partial charge on any atom is 0.227 e. The summed E-state index contributed by atoms with van der Waals surface area (Å²) in [4.78, 5) is 7.27. The van der Waals surface area contributed by atoms with E-state index in [1.54, 1.807) is 0 Å². The molecule has 1 aliphatic heterocycles. The number of benzene rings is 2. The number of likely N-dealkylation sites (tertiary alicyclic amines) is 1. The summed E-state index contributed by atoms with van der Waals surface area (Å²) >= 11 is 6.08. The second kappa shape index (κ2) is 6.81. The Morgan fingerprint density at radius 2 is 1.92 bits per heavy atom. The number of piperidine rings is 1. The van der Waals surface area contributed by atoms with Crippen LogP contribution in [0.2, 0.25) is 5.02 Å². The largest absolute Gasteiger partial charge is 0.436 e. The molecule has 0 bridgehead atoms. The molecule has 1 aromatic heterocycles. The van der Waals surface area contributed by atoms with Gasteiger partial charge in [0.15, 0.2) is 5.58 Å². The highest BCUT2D eigenvalue weighted by molar-refractivity contribution is 6.30. The molecular formula is C21H23ClN2O. The van der Waals surface area contributed by atoms with Crippen LogP contribution in [0.5, 0.6) is 0 Å². The second-order valence-electron chi connectivity index (χ2n) is 7.13. The number of fused-ring (bicyclic) bond motifs is 1. The van der Waals surface area contributed by atoms with Crippen LogP contribution in [0.4, 0.5) is 0 Å². The van der Waals surface area contributed by atoms with Crippen LogP contribution in [0.1, 0.15) is 38.7 Å². The number of hydrogen-bond donors (Lipinski definition) is 0. The fraction of sp³-hybridized carbons (Fsp3) is 0.381. The maximum atomic E-state index is 6.08. The van der Waals surface area contributed by atoms with Crippen molar-refractivity contribution in [2.45, 2.75) is 51.7 Å². The predicted octanol–water partition coefficient (Wildman–Crippen LogP) is 5.91. The predicted molar refractivity (Wildman–Crippen MR) is 103 cm³/mol. The van der Waals surface area contributed by atoms with Gasteiger partial charge in [-0.25, -0.2) is 4.98 Å². The van der Waals surface area contributed by atoms with Crippen LogP contribution in [-0.2, 0) is 6.54 Å². The van der Waals surface area contributed by atoms with Gasteiger partial charge in [0.2, 0.25) is 5.89 Å². The molecule has 25 heavy (non-hydrogen) atoms. The number of hydrogen-bond acceptors (Lipinski definition) is 3. The van der Waals surface area contributed by atoms with Gasteiger partial charge < -0.3 is 4.42 Å². The van der Waals surface area contributed by atoms with Crippen LogP contribution in [0, 0.1) is 0 Å². The number of rotatable bonds is 3. The van der Waals surface area contributed by atoms with E-state index in [0.717, 1.165) is 23.2 Å². The first-order valence-electron chi connectivity index (χ1n) is 9.01. The first-order valence-corrected chi connectivity index (χ1v) is 9.39. The van der Waals surface area contributed by atoms with E-state index < -0.39 is 0 Å². The van der Waals surface area contributed by atoms with Crippen LogP contribution < -0.4 is 0 Å². The summed E-state index contributed by atoms with van der Waals surface area (Å²) in [7, 11) is 0. The maximum absolute atomic E-state index is 6.08. The molecule has 0 radical (unpaired) electrons. The molecule has 0 N–H and O–H groups in total. The van der Waals surface area contributed by atoms with E-state index in [2.05, 4.69) is 35.9 Å². The molecule has 0 aliphatic carbocycles. The third kappa shape index (κ3) is 3.44. The molecule has 4 heteroatoms. The number of nitrogens with zero attached hydrogens (tertiary/aromatic N) is 2. The summed E-state index contributed by atoms with van der Waals surface area (Å²) < 4.78 is 5.91. The van der Waals surface area contributed by atoms with Gasteiger partial charge in [0.1, 0.15) is 5.52 Å². The summed E-state index contributed by atoms with van der Waals surface area (Å²) in [6.45, 7) is 5.64. The SMILES string of the molecule is C[C@@H]1CCC[C@H](C)N1Cc1ccc2oc(-c3cccc(Cl)c3)nc2c1. The molecule has 4 rings (SSSR count). The standard InChI is InChI=1S/C21H23ClN2O/c1-14-5-3-6-15(2)24(14)13-16-9-10-20-19(11-16)23-21(25-20)17-7-4-8-18(22)12-17/h4,7-12,14-15H,3,5-6,13H2,1-2H3/t14-,15+. The minimum atomic E-state index is 0.620. The van der Waals surface area contributed by atoms with E-state index >= 15 is 0 Å². The Morgan fingerprint density at radius 1 is 1.12 bits per heavy atom. The van der Waals surface area contributed by atoms with Crippen LogP contribution in [0.25, 0.3) is 22.6 Å². The second-order valence-corrected chi connectivity index (χ2v) is 7.57. The topological polar surface area (TPSA) is 29.3 Å². The summed E-state index contributed by atoms with van der Waals surface area (Å²) in [5.74, 6) is 0.620. The lowest BCUT2D eigenvalue weighted by Crippen LogP contribution is -2.42. The van der Waals surface area contributed by atoms with Gasteiger partial charge in [0, 0.05) is 29.2 Å². The lowest BCUT2D eigenvalue weighted by Gasteiger charge is -2.39. The van der Waals surface area contributed by atoms with E-state index in [-0.39, 0.29) is 0 Å². The average Bonchev–Trinajstić information content (AvgIpc) is 3.02. The van der Waals surface area contributed by atoms with Gasteiger partial charge in [-0.1, -0.05) is 30.2 Å². The van der Waals surface area contributed by atoms with Crippen LogP contribution in [-0.4, -0.2) is 22.0 Å². The van der Waals surface area contributed by atoms with E-state index in [1.807, 2.05) is 30.3 Å². The van der Waals surface area contributed by atoms with Gasteiger partial charge >= 0.3 is 0 Å². The molecule has 2 aromatic carbocycles. The third-order valence-corrected chi connectivity index (χ3v) is 5.50. The highest BCUT2D eigenvalue weighted by Gasteiger charge is 2.24. The Morgan fingerprint density at radius 3 is 2.68 bits per heavy atom. The first-order chi connectivity index (χ1) is 12.1. The molecule has 0 unspecified atom stereocenters. The van der Waals surface area contributed by atoms with Crippen molar-refractivity contribution < 1.29 is 4.42 Å². The minimum Gasteiger partial charge on any atom is -0.436 e. The lowest BCUT2D eigenvalue weighted by atomic mass is 9.97. The fourth-order valence-corrected chi connectivity index (χ4v) is 4.00. The van der Waals surface area contributed by atoms with E-state index in [0.29, 0.717) is 23.0 Å². The van der Waals surface area contributed by atoms with Crippen molar-refractivity contribution in [2.24, 2.45) is 0 Å². The highest BCUT2D eigenvalue weighted by atomic mass is 35.5. The normalized spacial score (nSPS) is 21.7. The van der Waals surface area contributed by atoms with E-state index in [4.69, 9.17) is 16.0 Å². The van der Waals surface area contributed by atoms with Gasteiger partial charge in [-0.3, -0.25) is 4.90 Å². The molecule has 2 heterocycles. The Labute approximate surface area is 153 Å². The molecule has 0 amide bonds. The molecule has 3 nitrogen and oxygen atoms in total. The summed E-state index contributed by atoms with van der Waals surface area (Å²) in [5, 5.41) is 0.688. The quantitative estimate of drug-likeness (QED) is 0.585. The molecule has 0 spiro atoms. The van der Waals surface area contributed by atoms with Gasteiger partial charge in [-0.2, -0.15) is 0 Å². The van der Waals surface area contributed by atoms with E-state index in [9.17, 15) is 0 Å². The number of oxazole rings is 1. The zero-order valence-corrected chi connectivity index (χ0v) is 15.5. The molecule has 1 fully saturated rings. The number of halogens is 1. The fourth-order valence-electron chi connectivity index (χ4n) is 3.81. The highest BCUT2D eigenvalue weighted by Crippen LogP contribution is 2.28. The molecule has 0 saturated carbocycles. The monoisotopic (exact) mass is 354 g/mol. The number of aromatic nitrogens is 1. The van der Waals surface area contributed by atoms with Crippen molar-refractivity contribution >= 4 is 22.7 Å².